The van der Waals surface area contributed by atoms with Crippen molar-refractivity contribution in [1.82, 2.24) is 9.97 Å². The number of hydrogen-bond acceptors (Lipinski definition) is 5. The lowest BCUT2D eigenvalue weighted by Crippen LogP contribution is -2.32. The number of benzene rings is 1. The minimum atomic E-state index is -4.60. The van der Waals surface area contributed by atoms with Crippen molar-refractivity contribution in [3.63, 3.8) is 0 Å². The van der Waals surface area contributed by atoms with E-state index in [9.17, 15) is 18.0 Å². The molecule has 0 fully saturated rings. The van der Waals surface area contributed by atoms with Gasteiger partial charge in [-0.3, -0.25) is 4.98 Å². The van der Waals surface area contributed by atoms with Crippen LogP contribution in [0.25, 0.3) is 11.3 Å². The maximum absolute atomic E-state index is 13.9. The van der Waals surface area contributed by atoms with Crippen LogP contribution >= 0.6 is 11.3 Å². The molecule has 1 aromatic carbocycles. The molecule has 3 aromatic rings. The number of anilines is 3. The summed E-state index contributed by atoms with van der Waals surface area (Å²) >= 11 is 1.11. The third-order valence-electron chi connectivity index (χ3n) is 5.16. The summed E-state index contributed by atoms with van der Waals surface area (Å²) in [5.41, 5.74) is 6.91. The Morgan fingerprint density at radius 2 is 1.94 bits per heavy atom. The van der Waals surface area contributed by atoms with Gasteiger partial charge >= 0.3 is 12.2 Å². The number of nitrogens with two attached hydrogens (primary N) is 1. The van der Waals surface area contributed by atoms with E-state index in [4.69, 9.17) is 5.73 Å². The second-order valence-electron chi connectivity index (χ2n) is 7.71. The van der Waals surface area contributed by atoms with E-state index in [1.54, 1.807) is 23.5 Å². The third-order valence-corrected chi connectivity index (χ3v) is 5.99. The third kappa shape index (κ3) is 5.81. The molecule has 0 aliphatic rings. The Morgan fingerprint density at radius 1 is 1.18 bits per heavy atom. The first kappa shape index (κ1) is 24.5. The summed E-state index contributed by atoms with van der Waals surface area (Å²) < 4.78 is 41.8. The van der Waals surface area contributed by atoms with E-state index in [1.165, 1.54) is 12.1 Å². The van der Waals surface area contributed by atoms with Crippen LogP contribution in [0.4, 0.5) is 34.5 Å². The first-order valence-corrected chi connectivity index (χ1v) is 11.4. The van der Waals surface area contributed by atoms with Crippen molar-refractivity contribution in [3.8, 4) is 11.3 Å². The highest BCUT2D eigenvalue weighted by Gasteiger charge is 2.36. The van der Waals surface area contributed by atoms with Crippen LogP contribution in [0.2, 0.25) is 0 Å². The van der Waals surface area contributed by atoms with E-state index >= 15 is 0 Å². The van der Waals surface area contributed by atoms with Crippen LogP contribution < -0.4 is 15.5 Å². The molecule has 2 aromatic heterocycles. The molecule has 3 rings (SSSR count). The number of rotatable bonds is 8. The summed E-state index contributed by atoms with van der Waals surface area (Å²) in [6, 6.07) is 6.52. The Balaban J connectivity index is 1.98. The van der Waals surface area contributed by atoms with Gasteiger partial charge < -0.3 is 10.6 Å². The molecular formula is C23H26F3N5OS. The number of halogens is 3. The average molecular weight is 478 g/mol. The van der Waals surface area contributed by atoms with Gasteiger partial charge in [0.2, 0.25) is 0 Å². The zero-order valence-corrected chi connectivity index (χ0v) is 19.5. The molecule has 0 aliphatic heterocycles. The minimum absolute atomic E-state index is 0.00321. The molecular weight excluding hydrogens is 451 g/mol. The highest BCUT2D eigenvalue weighted by molar-refractivity contribution is 7.14. The quantitative estimate of drug-likeness (QED) is 0.382. The van der Waals surface area contributed by atoms with Gasteiger partial charge in [0.25, 0.3) is 0 Å². The molecule has 2 heterocycles. The number of carbonyl (C=O) groups excluding carboxylic acids is 1. The molecule has 176 valence electrons. The standard InChI is InChI=1S/C23H26F3N5OS/c1-4-5-6-11-30(3)20-10-9-17(12-18(20)23(24,25)26)31(21(27)32)22-29-19(14-33-22)16-8-7-15(2)28-13-16/h7-10,12-14H,4-6,11H2,1-3H3,(H2,27,32). The summed E-state index contributed by atoms with van der Waals surface area (Å²) in [5, 5.41) is 1.88. The molecule has 6 nitrogen and oxygen atoms in total. The van der Waals surface area contributed by atoms with Gasteiger partial charge in [-0.1, -0.05) is 19.8 Å². The van der Waals surface area contributed by atoms with Gasteiger partial charge in [-0.15, -0.1) is 11.3 Å². The summed E-state index contributed by atoms with van der Waals surface area (Å²) in [4.78, 5) is 23.5. The van der Waals surface area contributed by atoms with Crippen LogP contribution in [-0.4, -0.2) is 29.6 Å². The highest BCUT2D eigenvalue weighted by atomic mass is 32.1. The number of thiazole rings is 1. The molecule has 2 N–H and O–H groups in total. The lowest BCUT2D eigenvalue weighted by molar-refractivity contribution is -0.137. The van der Waals surface area contributed by atoms with Crippen LogP contribution in [0.5, 0.6) is 0 Å². The summed E-state index contributed by atoms with van der Waals surface area (Å²) in [6.45, 7) is 4.39. The van der Waals surface area contributed by atoms with Gasteiger partial charge in [-0.2, -0.15) is 13.2 Å². The molecule has 0 spiro atoms. The maximum atomic E-state index is 13.9. The number of aryl methyl sites for hydroxylation is 1. The van der Waals surface area contributed by atoms with E-state index in [-0.39, 0.29) is 16.5 Å². The van der Waals surface area contributed by atoms with Gasteiger partial charge in [0.05, 0.1) is 16.9 Å². The van der Waals surface area contributed by atoms with Gasteiger partial charge in [0.15, 0.2) is 5.13 Å². The normalized spacial score (nSPS) is 11.5. The zero-order valence-electron chi connectivity index (χ0n) is 18.7. The minimum Gasteiger partial charge on any atom is -0.374 e. The van der Waals surface area contributed by atoms with Crippen LogP contribution in [0.3, 0.4) is 0 Å². The Bertz CT molecular complexity index is 1100. The summed E-state index contributed by atoms with van der Waals surface area (Å²) in [5.74, 6) is 0. The second-order valence-corrected chi connectivity index (χ2v) is 8.54. The first-order chi connectivity index (χ1) is 15.6. The number of carbonyl (C=O) groups is 1. The number of amides is 2. The fourth-order valence-corrected chi connectivity index (χ4v) is 4.25. The molecule has 0 atom stereocenters. The molecule has 0 bridgehead atoms. The fraction of sp³-hybridized carbons (Fsp3) is 0.348. The van der Waals surface area contributed by atoms with Gasteiger partial charge in [-0.25, -0.2) is 14.7 Å². The topological polar surface area (TPSA) is 75.3 Å². The molecule has 0 saturated heterocycles. The number of pyridine rings is 1. The van der Waals surface area contributed by atoms with Crippen molar-refractivity contribution < 1.29 is 18.0 Å². The number of urea groups is 1. The van der Waals surface area contributed by atoms with Crippen molar-refractivity contribution in [1.29, 1.82) is 0 Å². The Kier molecular flexibility index (Phi) is 7.57. The number of unbranched alkanes of at least 4 members (excludes halogenated alkanes) is 2. The van der Waals surface area contributed by atoms with Crippen molar-refractivity contribution >= 4 is 33.9 Å². The molecule has 2 amide bonds. The van der Waals surface area contributed by atoms with Crippen LogP contribution in [-0.2, 0) is 6.18 Å². The molecule has 10 heteroatoms. The summed E-state index contributed by atoms with van der Waals surface area (Å²) in [6.07, 6.45) is -0.263. The maximum Gasteiger partial charge on any atom is 0.418 e. The number of nitrogens with zero attached hydrogens (tertiary/aromatic N) is 4. The molecule has 0 saturated carbocycles. The van der Waals surface area contributed by atoms with Crippen molar-refractivity contribution in [2.24, 2.45) is 5.73 Å². The van der Waals surface area contributed by atoms with E-state index in [2.05, 4.69) is 9.97 Å². The Morgan fingerprint density at radius 3 is 2.55 bits per heavy atom. The van der Waals surface area contributed by atoms with Crippen molar-refractivity contribution in [2.45, 2.75) is 39.3 Å². The average Bonchev–Trinajstić information content (AvgIpc) is 3.23. The Hall–Kier alpha value is -3.14. The number of hydrogen-bond donors (Lipinski definition) is 1. The lowest BCUT2D eigenvalue weighted by atomic mass is 10.1. The molecule has 33 heavy (non-hydrogen) atoms. The predicted octanol–water partition coefficient (Wildman–Crippen LogP) is 6.38. The zero-order chi connectivity index (χ0) is 24.2. The van der Waals surface area contributed by atoms with E-state index in [0.29, 0.717) is 12.2 Å². The SMILES string of the molecule is CCCCCN(C)c1ccc(N(C(N)=O)c2nc(-c3ccc(C)nc3)cs2)cc1C(F)(F)F. The summed E-state index contributed by atoms with van der Waals surface area (Å²) in [7, 11) is 1.63. The molecule has 0 radical (unpaired) electrons. The Labute approximate surface area is 194 Å². The number of primary amides is 1. The van der Waals surface area contributed by atoms with E-state index < -0.39 is 17.8 Å². The van der Waals surface area contributed by atoms with Crippen molar-refractivity contribution in [3.05, 3.63) is 53.2 Å². The second kappa shape index (κ2) is 10.2. The predicted molar refractivity (Wildman–Crippen MR) is 126 cm³/mol. The van der Waals surface area contributed by atoms with Gasteiger partial charge in [0.1, 0.15) is 0 Å². The van der Waals surface area contributed by atoms with Crippen LogP contribution in [0, 0.1) is 6.92 Å². The molecule has 0 unspecified atom stereocenters. The smallest absolute Gasteiger partial charge is 0.374 e. The van der Waals surface area contributed by atoms with Crippen LogP contribution in [0.1, 0.15) is 37.4 Å². The first-order valence-electron chi connectivity index (χ1n) is 10.5. The van der Waals surface area contributed by atoms with Gasteiger partial charge in [0, 0.05) is 42.1 Å². The monoisotopic (exact) mass is 477 g/mol. The van der Waals surface area contributed by atoms with Crippen molar-refractivity contribution in [2.75, 3.05) is 23.4 Å². The number of alkyl halides is 3. The van der Waals surface area contributed by atoms with Crippen LogP contribution in [0.15, 0.2) is 41.9 Å². The van der Waals surface area contributed by atoms with Gasteiger partial charge in [-0.05, 0) is 43.7 Å². The lowest BCUT2D eigenvalue weighted by Gasteiger charge is -2.26. The largest absolute Gasteiger partial charge is 0.418 e. The molecule has 0 aliphatic carbocycles. The fourth-order valence-electron chi connectivity index (χ4n) is 3.39. The number of aromatic nitrogens is 2. The highest BCUT2D eigenvalue weighted by Crippen LogP contribution is 2.41. The van der Waals surface area contributed by atoms with E-state index in [0.717, 1.165) is 52.8 Å². The van der Waals surface area contributed by atoms with E-state index in [1.807, 2.05) is 26.0 Å².